The quantitative estimate of drug-likeness (QED) is 0.758. The predicted octanol–water partition coefficient (Wildman–Crippen LogP) is 2.59. The van der Waals surface area contributed by atoms with Gasteiger partial charge in [0.2, 0.25) is 0 Å². The second-order valence-corrected chi connectivity index (χ2v) is 5.55. The van der Waals surface area contributed by atoms with Crippen LogP contribution in [0, 0.1) is 5.92 Å². The number of hydrogen-bond acceptors (Lipinski definition) is 4. The standard InChI is InChI=1S/C16H24N2O3/c1-4-11(7-10-5-6-10)18-16(19)12-8-14(20-2)15(21-3)9-13(12)17/h8-11H,4-7,17H2,1-3H3,(H,18,19). The Balaban J connectivity index is 2.13. The van der Waals surface area contributed by atoms with Crippen LogP contribution in [-0.2, 0) is 0 Å². The van der Waals surface area contributed by atoms with Gasteiger partial charge in [0.25, 0.3) is 5.91 Å². The van der Waals surface area contributed by atoms with Crippen molar-refractivity contribution in [1.82, 2.24) is 5.32 Å². The summed E-state index contributed by atoms with van der Waals surface area (Å²) in [5.74, 6) is 1.66. The molecule has 0 aliphatic heterocycles. The smallest absolute Gasteiger partial charge is 0.253 e. The molecule has 0 bridgehead atoms. The van der Waals surface area contributed by atoms with Crippen LogP contribution in [0.2, 0.25) is 0 Å². The number of rotatable bonds is 7. The van der Waals surface area contributed by atoms with Crippen LogP contribution < -0.4 is 20.5 Å². The number of carbonyl (C=O) groups excluding carboxylic acids is 1. The highest BCUT2D eigenvalue weighted by atomic mass is 16.5. The number of methoxy groups -OCH3 is 2. The van der Waals surface area contributed by atoms with Crippen LogP contribution in [0.25, 0.3) is 0 Å². The van der Waals surface area contributed by atoms with Crippen LogP contribution in [0.4, 0.5) is 5.69 Å². The van der Waals surface area contributed by atoms with Gasteiger partial charge in [-0.25, -0.2) is 0 Å². The molecule has 5 heteroatoms. The molecule has 1 atom stereocenters. The lowest BCUT2D eigenvalue weighted by Crippen LogP contribution is -2.35. The van der Waals surface area contributed by atoms with Crippen LogP contribution in [0.3, 0.4) is 0 Å². The first-order valence-electron chi connectivity index (χ1n) is 7.41. The lowest BCUT2D eigenvalue weighted by molar-refractivity contribution is 0.0933. The van der Waals surface area contributed by atoms with E-state index in [1.165, 1.54) is 20.0 Å². The number of benzene rings is 1. The third-order valence-electron chi connectivity index (χ3n) is 3.94. The van der Waals surface area contributed by atoms with Crippen LogP contribution in [0.15, 0.2) is 12.1 Å². The molecule has 21 heavy (non-hydrogen) atoms. The summed E-state index contributed by atoms with van der Waals surface area (Å²) in [7, 11) is 3.08. The van der Waals surface area contributed by atoms with Crippen molar-refractivity contribution in [2.45, 2.75) is 38.6 Å². The predicted molar refractivity (Wildman–Crippen MR) is 82.8 cm³/mol. The van der Waals surface area contributed by atoms with Crippen molar-refractivity contribution in [3.8, 4) is 11.5 Å². The molecule has 3 N–H and O–H groups in total. The summed E-state index contributed by atoms with van der Waals surface area (Å²) in [5, 5.41) is 3.07. The van der Waals surface area contributed by atoms with Gasteiger partial charge in [-0.3, -0.25) is 4.79 Å². The fraction of sp³-hybridized carbons (Fsp3) is 0.562. The van der Waals surface area contributed by atoms with E-state index in [1.807, 2.05) is 0 Å². The van der Waals surface area contributed by atoms with E-state index in [0.717, 1.165) is 18.8 Å². The first-order chi connectivity index (χ1) is 10.1. The largest absolute Gasteiger partial charge is 0.493 e. The first kappa shape index (κ1) is 15.5. The second-order valence-electron chi connectivity index (χ2n) is 5.55. The maximum absolute atomic E-state index is 12.4. The van der Waals surface area contributed by atoms with Gasteiger partial charge in [-0.1, -0.05) is 19.8 Å². The second kappa shape index (κ2) is 6.70. The van der Waals surface area contributed by atoms with Gasteiger partial charge in [-0.05, 0) is 24.8 Å². The lowest BCUT2D eigenvalue weighted by atomic mass is 10.1. The fourth-order valence-electron chi connectivity index (χ4n) is 2.44. The third kappa shape index (κ3) is 3.80. The third-order valence-corrected chi connectivity index (χ3v) is 3.94. The van der Waals surface area contributed by atoms with Crippen molar-refractivity contribution in [2.75, 3.05) is 20.0 Å². The molecule has 116 valence electrons. The molecule has 0 aromatic heterocycles. The van der Waals surface area contributed by atoms with Gasteiger partial charge in [-0.2, -0.15) is 0 Å². The Labute approximate surface area is 125 Å². The summed E-state index contributed by atoms with van der Waals surface area (Å²) >= 11 is 0. The summed E-state index contributed by atoms with van der Waals surface area (Å²) in [4.78, 5) is 12.4. The van der Waals surface area contributed by atoms with E-state index < -0.39 is 0 Å². The topological polar surface area (TPSA) is 73.6 Å². The molecule has 1 aliphatic carbocycles. The number of nitrogen functional groups attached to an aromatic ring is 1. The molecule has 1 aromatic carbocycles. The summed E-state index contributed by atoms with van der Waals surface area (Å²) in [6.07, 6.45) is 4.54. The summed E-state index contributed by atoms with van der Waals surface area (Å²) in [6.45, 7) is 2.09. The highest BCUT2D eigenvalue weighted by Crippen LogP contribution is 2.35. The van der Waals surface area contributed by atoms with Gasteiger partial charge < -0.3 is 20.5 Å². The molecule has 0 radical (unpaired) electrons. The van der Waals surface area contributed by atoms with E-state index in [9.17, 15) is 4.79 Å². The van der Waals surface area contributed by atoms with Crippen LogP contribution in [0.1, 0.15) is 43.0 Å². The Bertz CT molecular complexity index is 512. The summed E-state index contributed by atoms with van der Waals surface area (Å²) in [6, 6.07) is 3.46. The van der Waals surface area contributed by atoms with E-state index in [1.54, 1.807) is 19.2 Å². The minimum atomic E-state index is -0.152. The normalized spacial score (nSPS) is 15.4. The Morgan fingerprint density at radius 2 is 1.95 bits per heavy atom. The summed E-state index contributed by atoms with van der Waals surface area (Å²) in [5.41, 5.74) is 6.78. The highest BCUT2D eigenvalue weighted by Gasteiger charge is 2.26. The summed E-state index contributed by atoms with van der Waals surface area (Å²) < 4.78 is 10.4. The Morgan fingerprint density at radius 3 is 2.48 bits per heavy atom. The number of hydrogen-bond donors (Lipinski definition) is 2. The minimum Gasteiger partial charge on any atom is -0.493 e. The van der Waals surface area contributed by atoms with Gasteiger partial charge in [0.05, 0.1) is 19.8 Å². The van der Waals surface area contributed by atoms with Crippen molar-refractivity contribution in [2.24, 2.45) is 5.92 Å². The number of carbonyl (C=O) groups is 1. The van der Waals surface area contributed by atoms with E-state index >= 15 is 0 Å². The molecule has 2 rings (SSSR count). The van der Waals surface area contributed by atoms with Crippen LogP contribution in [0.5, 0.6) is 11.5 Å². The zero-order chi connectivity index (χ0) is 15.4. The lowest BCUT2D eigenvalue weighted by Gasteiger charge is -2.18. The molecule has 1 aromatic rings. The van der Waals surface area contributed by atoms with E-state index in [-0.39, 0.29) is 11.9 Å². The fourth-order valence-corrected chi connectivity index (χ4v) is 2.44. The van der Waals surface area contributed by atoms with E-state index in [2.05, 4.69) is 12.2 Å². The molecular formula is C16H24N2O3. The number of anilines is 1. The van der Waals surface area contributed by atoms with Crippen molar-refractivity contribution in [1.29, 1.82) is 0 Å². The molecule has 1 unspecified atom stereocenters. The van der Waals surface area contributed by atoms with Gasteiger partial charge >= 0.3 is 0 Å². The molecule has 0 saturated heterocycles. The van der Waals surface area contributed by atoms with Gasteiger partial charge in [0, 0.05) is 17.8 Å². The molecular weight excluding hydrogens is 268 g/mol. The van der Waals surface area contributed by atoms with Gasteiger partial charge in [0.15, 0.2) is 11.5 Å². The van der Waals surface area contributed by atoms with Crippen LogP contribution in [-0.4, -0.2) is 26.2 Å². The number of nitrogens with one attached hydrogen (secondary N) is 1. The first-order valence-corrected chi connectivity index (χ1v) is 7.41. The van der Waals surface area contributed by atoms with Crippen molar-refractivity contribution in [3.05, 3.63) is 17.7 Å². The Kier molecular flexibility index (Phi) is 4.94. The molecule has 1 saturated carbocycles. The zero-order valence-corrected chi connectivity index (χ0v) is 12.9. The monoisotopic (exact) mass is 292 g/mol. The Hall–Kier alpha value is -1.91. The molecule has 1 fully saturated rings. The van der Waals surface area contributed by atoms with Gasteiger partial charge in [-0.15, -0.1) is 0 Å². The molecule has 1 amide bonds. The number of ether oxygens (including phenoxy) is 2. The zero-order valence-electron chi connectivity index (χ0n) is 12.9. The molecule has 0 heterocycles. The van der Waals surface area contributed by atoms with E-state index in [4.69, 9.17) is 15.2 Å². The minimum absolute atomic E-state index is 0.152. The maximum atomic E-state index is 12.4. The van der Waals surface area contributed by atoms with Crippen molar-refractivity contribution >= 4 is 11.6 Å². The average Bonchev–Trinajstić information content (AvgIpc) is 3.29. The maximum Gasteiger partial charge on any atom is 0.253 e. The highest BCUT2D eigenvalue weighted by molar-refractivity contribution is 6.00. The SMILES string of the molecule is CCC(CC1CC1)NC(=O)c1cc(OC)c(OC)cc1N. The molecule has 1 aliphatic rings. The van der Waals surface area contributed by atoms with E-state index in [0.29, 0.717) is 22.7 Å². The van der Waals surface area contributed by atoms with Crippen molar-refractivity contribution in [3.63, 3.8) is 0 Å². The molecule has 0 spiro atoms. The molecule has 5 nitrogen and oxygen atoms in total. The average molecular weight is 292 g/mol. The number of amides is 1. The van der Waals surface area contributed by atoms with Crippen molar-refractivity contribution < 1.29 is 14.3 Å². The van der Waals surface area contributed by atoms with Gasteiger partial charge in [0.1, 0.15) is 0 Å². The van der Waals surface area contributed by atoms with Crippen LogP contribution >= 0.6 is 0 Å². The Morgan fingerprint density at radius 1 is 1.33 bits per heavy atom. The number of nitrogens with two attached hydrogens (primary N) is 1.